The van der Waals surface area contributed by atoms with Crippen molar-refractivity contribution in [2.45, 2.75) is 42.4 Å². The van der Waals surface area contributed by atoms with E-state index in [1.807, 2.05) is 0 Å². The van der Waals surface area contributed by atoms with Crippen LogP contribution in [-0.4, -0.2) is 67.4 Å². The van der Waals surface area contributed by atoms with Crippen molar-refractivity contribution in [2.75, 3.05) is 30.9 Å². The first kappa shape index (κ1) is 31.8. The lowest BCUT2D eigenvalue weighted by Gasteiger charge is -2.23. The van der Waals surface area contributed by atoms with E-state index in [1.54, 1.807) is 4.90 Å². The number of hydroxylamine groups is 1. The summed E-state index contributed by atoms with van der Waals surface area (Å²) in [5.41, 5.74) is 2.65. The van der Waals surface area contributed by atoms with E-state index >= 15 is 0 Å². The molecule has 3 atom stereocenters. The normalized spacial score (nSPS) is 17.9. The fraction of sp³-hybridized carbons (Fsp3) is 0.357. The van der Waals surface area contributed by atoms with E-state index in [0.717, 1.165) is 12.1 Å². The quantitative estimate of drug-likeness (QED) is 0.291. The average molecular weight is 622 g/mol. The average Bonchev–Trinajstić information content (AvgIpc) is 3.45. The number of halogens is 3. The lowest BCUT2D eigenvalue weighted by Crippen LogP contribution is -2.43. The van der Waals surface area contributed by atoms with E-state index in [-0.39, 0.29) is 41.0 Å². The van der Waals surface area contributed by atoms with E-state index < -0.39 is 52.1 Å². The number of hydrogen-bond acceptors (Lipinski definition) is 9. The van der Waals surface area contributed by atoms with Gasteiger partial charge < -0.3 is 15.3 Å². The number of rotatable bonds is 10. The van der Waals surface area contributed by atoms with Crippen LogP contribution in [0.4, 0.5) is 19.1 Å². The van der Waals surface area contributed by atoms with Gasteiger partial charge in [-0.15, -0.1) is 0 Å². The van der Waals surface area contributed by atoms with Crippen LogP contribution in [-0.2, 0) is 25.6 Å². The monoisotopic (exact) mass is 621 g/mol. The van der Waals surface area contributed by atoms with Gasteiger partial charge in [-0.2, -0.15) is 13.2 Å². The van der Waals surface area contributed by atoms with Crippen molar-refractivity contribution in [1.29, 1.82) is 0 Å². The molecule has 2 heterocycles. The SMILES string of the molecule is CCS(=O)(=O)c1ccc([C@H](CO)NC(=O)c2cnc(N3CC(c4ccc(C(F)(F)F)cc4)C[C@H]3C(=O)NOC)nc2)cc1. The van der Waals surface area contributed by atoms with Gasteiger partial charge in [0.25, 0.3) is 11.8 Å². The van der Waals surface area contributed by atoms with Crippen LogP contribution in [0.1, 0.15) is 52.4 Å². The van der Waals surface area contributed by atoms with Crippen molar-refractivity contribution in [3.05, 3.63) is 83.2 Å². The molecule has 1 unspecified atom stereocenters. The number of carbonyl (C=O) groups excluding carboxylic acids is 2. The Morgan fingerprint density at radius 2 is 1.72 bits per heavy atom. The number of alkyl halides is 3. The molecule has 3 aromatic rings. The maximum Gasteiger partial charge on any atom is 0.416 e. The summed E-state index contributed by atoms with van der Waals surface area (Å²) in [6, 6.07) is 8.94. The zero-order valence-electron chi connectivity index (χ0n) is 23.2. The number of nitrogens with zero attached hydrogens (tertiary/aromatic N) is 3. The van der Waals surface area contributed by atoms with E-state index in [2.05, 4.69) is 20.8 Å². The van der Waals surface area contributed by atoms with Gasteiger partial charge in [0, 0.05) is 24.9 Å². The molecule has 0 spiro atoms. The van der Waals surface area contributed by atoms with Gasteiger partial charge in [0.15, 0.2) is 9.84 Å². The Morgan fingerprint density at radius 3 is 2.26 bits per heavy atom. The van der Waals surface area contributed by atoms with Crippen molar-refractivity contribution >= 4 is 27.6 Å². The molecular formula is C28H30F3N5O6S. The van der Waals surface area contributed by atoms with Crippen LogP contribution in [0.2, 0.25) is 0 Å². The smallest absolute Gasteiger partial charge is 0.394 e. The second-order valence-corrected chi connectivity index (χ2v) is 12.1. The molecule has 1 fully saturated rings. The highest BCUT2D eigenvalue weighted by molar-refractivity contribution is 7.91. The number of aromatic nitrogens is 2. The fourth-order valence-electron chi connectivity index (χ4n) is 4.80. The minimum Gasteiger partial charge on any atom is -0.394 e. The summed E-state index contributed by atoms with van der Waals surface area (Å²) < 4.78 is 63.2. The molecule has 43 heavy (non-hydrogen) atoms. The maximum absolute atomic E-state index is 13.0. The molecular weight excluding hydrogens is 591 g/mol. The molecule has 4 rings (SSSR count). The molecule has 1 aromatic heterocycles. The molecule has 2 aromatic carbocycles. The topological polar surface area (TPSA) is 151 Å². The zero-order chi connectivity index (χ0) is 31.4. The summed E-state index contributed by atoms with van der Waals surface area (Å²) in [7, 11) is -2.13. The van der Waals surface area contributed by atoms with Gasteiger partial charge in [0.05, 0.1) is 41.5 Å². The largest absolute Gasteiger partial charge is 0.416 e. The summed E-state index contributed by atoms with van der Waals surface area (Å²) in [5.74, 6) is -1.36. The predicted molar refractivity (Wildman–Crippen MR) is 149 cm³/mol. The van der Waals surface area contributed by atoms with Gasteiger partial charge in [0.2, 0.25) is 5.95 Å². The molecule has 1 saturated heterocycles. The van der Waals surface area contributed by atoms with Crippen LogP contribution >= 0.6 is 0 Å². The van der Waals surface area contributed by atoms with E-state index in [4.69, 9.17) is 4.84 Å². The van der Waals surface area contributed by atoms with Gasteiger partial charge in [-0.3, -0.25) is 14.4 Å². The van der Waals surface area contributed by atoms with Crippen molar-refractivity contribution in [1.82, 2.24) is 20.8 Å². The molecule has 230 valence electrons. The molecule has 11 nitrogen and oxygen atoms in total. The third kappa shape index (κ3) is 7.29. The van der Waals surface area contributed by atoms with Gasteiger partial charge in [0.1, 0.15) is 6.04 Å². The summed E-state index contributed by atoms with van der Waals surface area (Å²) in [5, 5.41) is 12.5. The highest BCUT2D eigenvalue weighted by atomic mass is 32.2. The van der Waals surface area contributed by atoms with E-state index in [0.29, 0.717) is 11.1 Å². The predicted octanol–water partition coefficient (Wildman–Crippen LogP) is 2.79. The number of aliphatic hydroxyl groups excluding tert-OH is 1. The molecule has 0 saturated carbocycles. The van der Waals surface area contributed by atoms with Crippen LogP contribution in [0.25, 0.3) is 0 Å². The van der Waals surface area contributed by atoms with Gasteiger partial charge >= 0.3 is 6.18 Å². The fourth-order valence-corrected chi connectivity index (χ4v) is 5.68. The van der Waals surface area contributed by atoms with Crippen LogP contribution in [0.15, 0.2) is 65.8 Å². The zero-order valence-corrected chi connectivity index (χ0v) is 24.0. The third-order valence-corrected chi connectivity index (χ3v) is 8.93. The van der Waals surface area contributed by atoms with Crippen molar-refractivity contribution in [3.63, 3.8) is 0 Å². The summed E-state index contributed by atoms with van der Waals surface area (Å²) >= 11 is 0. The number of amides is 2. The molecule has 3 N–H and O–H groups in total. The van der Waals surface area contributed by atoms with Crippen molar-refractivity contribution in [2.24, 2.45) is 0 Å². The number of sulfone groups is 1. The Labute approximate surface area is 246 Å². The molecule has 1 aliphatic rings. The molecule has 0 bridgehead atoms. The molecule has 0 radical (unpaired) electrons. The highest BCUT2D eigenvalue weighted by Gasteiger charge is 2.39. The lowest BCUT2D eigenvalue weighted by molar-refractivity contribution is -0.137. The highest BCUT2D eigenvalue weighted by Crippen LogP contribution is 2.36. The van der Waals surface area contributed by atoms with Crippen LogP contribution in [0.3, 0.4) is 0 Å². The Hall–Kier alpha value is -4.08. The molecule has 0 aliphatic carbocycles. The van der Waals surface area contributed by atoms with Crippen LogP contribution in [0.5, 0.6) is 0 Å². The van der Waals surface area contributed by atoms with E-state index in [1.165, 1.54) is 62.8 Å². The van der Waals surface area contributed by atoms with E-state index in [9.17, 15) is 36.3 Å². The second-order valence-electron chi connectivity index (χ2n) is 9.84. The number of anilines is 1. The number of nitrogens with one attached hydrogen (secondary N) is 2. The maximum atomic E-state index is 13.0. The molecule has 15 heteroatoms. The van der Waals surface area contributed by atoms with Gasteiger partial charge in [-0.05, 0) is 41.8 Å². The number of benzene rings is 2. The minimum atomic E-state index is -4.47. The Bertz CT molecular complexity index is 1540. The Morgan fingerprint density at radius 1 is 1.09 bits per heavy atom. The first-order valence-electron chi connectivity index (χ1n) is 13.2. The van der Waals surface area contributed by atoms with Crippen LogP contribution < -0.4 is 15.7 Å². The van der Waals surface area contributed by atoms with Crippen molar-refractivity contribution in [3.8, 4) is 0 Å². The number of aliphatic hydroxyl groups is 1. The van der Waals surface area contributed by atoms with Gasteiger partial charge in [-0.1, -0.05) is 31.2 Å². The summed E-state index contributed by atoms with van der Waals surface area (Å²) in [4.78, 5) is 40.7. The van der Waals surface area contributed by atoms with Crippen LogP contribution in [0, 0.1) is 0 Å². The number of hydrogen-bond donors (Lipinski definition) is 3. The molecule has 1 aliphatic heterocycles. The standard InChI is InChI=1S/C28H30F3N5O6S/c1-3-43(40,41)22-10-6-18(7-11-22)23(16-37)34-25(38)20-13-32-27(33-14-20)36-15-19(12-24(36)26(39)35-42-2)17-4-8-21(9-5-17)28(29,30)31/h4-11,13-14,19,23-24,37H,3,12,15-16H2,1-2H3,(H,34,38)(H,35,39)/t19?,23-,24-/m0/s1. The second kappa shape index (κ2) is 13.1. The Kier molecular flexibility index (Phi) is 9.67. The molecule has 2 amide bonds. The first-order valence-corrected chi connectivity index (χ1v) is 14.9. The number of carbonyl (C=O) groups is 2. The first-order chi connectivity index (χ1) is 20.4. The summed E-state index contributed by atoms with van der Waals surface area (Å²) in [6.45, 7) is 1.29. The van der Waals surface area contributed by atoms with Crippen molar-refractivity contribution < 1.29 is 41.1 Å². The minimum absolute atomic E-state index is 0.0590. The van der Waals surface area contributed by atoms with Gasteiger partial charge in [-0.25, -0.2) is 23.9 Å². The third-order valence-electron chi connectivity index (χ3n) is 7.18. The lowest BCUT2D eigenvalue weighted by atomic mass is 9.95. The Balaban J connectivity index is 1.49. The summed E-state index contributed by atoms with van der Waals surface area (Å²) in [6.07, 6.45) is -1.72.